The van der Waals surface area contributed by atoms with Crippen LogP contribution in [0.3, 0.4) is 0 Å². The van der Waals surface area contributed by atoms with E-state index in [1.165, 1.54) is 16.9 Å². The van der Waals surface area contributed by atoms with Gasteiger partial charge in [-0.3, -0.25) is 9.36 Å². The summed E-state index contributed by atoms with van der Waals surface area (Å²) >= 11 is 14.1. The average Bonchev–Trinajstić information content (AvgIpc) is 3.60. The Hall–Kier alpha value is -4.56. The number of thiazole rings is 1. The minimum absolute atomic E-state index is 0.0727. The molecule has 0 saturated carbocycles. The zero-order valence-electron chi connectivity index (χ0n) is 25.7. The second-order valence-corrected chi connectivity index (χ2v) is 13.5. The van der Waals surface area contributed by atoms with Gasteiger partial charge in [0.15, 0.2) is 16.3 Å². The van der Waals surface area contributed by atoms with Gasteiger partial charge in [-0.25, -0.2) is 4.99 Å². The summed E-state index contributed by atoms with van der Waals surface area (Å²) in [6, 6.07) is 27.8. The highest BCUT2D eigenvalue weighted by Crippen LogP contribution is 2.43. The molecule has 0 saturated heterocycles. The topological polar surface area (TPSA) is 57.8 Å². The van der Waals surface area contributed by atoms with Crippen molar-refractivity contribution in [3.63, 3.8) is 0 Å². The van der Waals surface area contributed by atoms with Crippen molar-refractivity contribution >= 4 is 57.2 Å². The van der Waals surface area contributed by atoms with Gasteiger partial charge < -0.3 is 14.0 Å². The van der Waals surface area contributed by atoms with Gasteiger partial charge in [-0.05, 0) is 71.5 Å². The summed E-state index contributed by atoms with van der Waals surface area (Å²) in [7, 11) is 3.26. The van der Waals surface area contributed by atoms with Gasteiger partial charge in [-0.15, -0.1) is 0 Å². The van der Waals surface area contributed by atoms with Crippen LogP contribution < -0.4 is 24.4 Å². The van der Waals surface area contributed by atoms with Crippen LogP contribution in [0.1, 0.15) is 40.3 Å². The van der Waals surface area contributed by atoms with Crippen molar-refractivity contribution in [1.29, 1.82) is 0 Å². The molecule has 1 aliphatic carbocycles. The first-order valence-electron chi connectivity index (χ1n) is 15.3. The molecule has 0 spiro atoms. The molecule has 47 heavy (non-hydrogen) atoms. The molecule has 8 rings (SSSR count). The van der Waals surface area contributed by atoms with Crippen molar-refractivity contribution in [1.82, 2.24) is 9.13 Å². The van der Waals surface area contributed by atoms with Crippen LogP contribution in [-0.4, -0.2) is 23.4 Å². The fraction of sp³-hybridized carbons (Fsp3) is 0.158. The lowest BCUT2D eigenvalue weighted by Crippen LogP contribution is -2.38. The molecule has 3 heterocycles. The van der Waals surface area contributed by atoms with Crippen molar-refractivity contribution in [3.05, 3.63) is 154 Å². The van der Waals surface area contributed by atoms with Gasteiger partial charge in [-0.1, -0.05) is 89.1 Å². The second kappa shape index (κ2) is 11.9. The first-order valence-corrected chi connectivity index (χ1v) is 16.9. The molecule has 0 N–H and O–H groups in total. The highest BCUT2D eigenvalue weighted by atomic mass is 35.5. The molecule has 0 fully saturated rings. The Labute approximate surface area is 285 Å². The SMILES string of the molecule is COc1ccc([C@H]2C3=C(N=c4s/c(=C/c5cn(Cc6ccc(Cl)cc6Cl)c6ccccc56)c(=O)n42)c2ccccc2CC3)cc1OC. The Morgan fingerprint density at radius 3 is 2.57 bits per heavy atom. The maximum atomic E-state index is 14.5. The van der Waals surface area contributed by atoms with Crippen LogP contribution in [0.15, 0.2) is 106 Å². The van der Waals surface area contributed by atoms with Crippen molar-refractivity contribution in [2.24, 2.45) is 4.99 Å². The summed E-state index contributed by atoms with van der Waals surface area (Å²) in [5.74, 6) is 1.26. The molecule has 4 aromatic carbocycles. The molecule has 0 unspecified atom stereocenters. The third-order valence-corrected chi connectivity index (χ3v) is 10.6. The monoisotopic (exact) mass is 677 g/mol. The largest absolute Gasteiger partial charge is 0.493 e. The van der Waals surface area contributed by atoms with Gasteiger partial charge in [0, 0.05) is 44.8 Å². The van der Waals surface area contributed by atoms with Crippen LogP contribution in [0, 0.1) is 0 Å². The van der Waals surface area contributed by atoms with Crippen LogP contribution in [-0.2, 0) is 13.0 Å². The van der Waals surface area contributed by atoms with Crippen molar-refractivity contribution < 1.29 is 9.47 Å². The highest BCUT2D eigenvalue weighted by molar-refractivity contribution is 7.07. The van der Waals surface area contributed by atoms with Gasteiger partial charge in [0.25, 0.3) is 5.56 Å². The van der Waals surface area contributed by atoms with Gasteiger partial charge in [0.2, 0.25) is 0 Å². The summed E-state index contributed by atoms with van der Waals surface area (Å²) in [6.07, 6.45) is 5.77. The lowest BCUT2D eigenvalue weighted by molar-refractivity contribution is 0.354. The van der Waals surface area contributed by atoms with Gasteiger partial charge in [0.05, 0.1) is 30.5 Å². The van der Waals surface area contributed by atoms with E-state index in [0.29, 0.717) is 37.4 Å². The molecular formula is C38H29Cl2N3O3S. The zero-order valence-corrected chi connectivity index (χ0v) is 28.0. The number of allylic oxidation sites excluding steroid dienone is 1. The third-order valence-electron chi connectivity index (χ3n) is 9.06. The fourth-order valence-corrected chi connectivity index (χ4v) is 8.30. The van der Waals surface area contributed by atoms with E-state index in [1.54, 1.807) is 20.3 Å². The number of hydrogen-bond acceptors (Lipinski definition) is 5. The number of para-hydroxylation sites is 1. The molecule has 0 bridgehead atoms. The number of hydrogen-bond donors (Lipinski definition) is 0. The van der Waals surface area contributed by atoms with Gasteiger partial charge >= 0.3 is 0 Å². The average molecular weight is 679 g/mol. The van der Waals surface area contributed by atoms with E-state index in [2.05, 4.69) is 47.2 Å². The molecule has 6 nitrogen and oxygen atoms in total. The number of rotatable bonds is 6. The summed E-state index contributed by atoms with van der Waals surface area (Å²) < 4.78 is 15.9. The summed E-state index contributed by atoms with van der Waals surface area (Å²) in [4.78, 5) is 20.3. The van der Waals surface area contributed by atoms with Gasteiger partial charge in [0.1, 0.15) is 0 Å². The molecule has 9 heteroatoms. The van der Waals surface area contributed by atoms with Crippen LogP contribution in [0.2, 0.25) is 10.0 Å². The fourth-order valence-electron chi connectivity index (χ4n) is 6.84. The maximum absolute atomic E-state index is 14.5. The summed E-state index contributed by atoms with van der Waals surface area (Å²) in [5, 5.41) is 2.27. The minimum Gasteiger partial charge on any atom is -0.493 e. The van der Waals surface area contributed by atoms with Crippen molar-refractivity contribution in [2.75, 3.05) is 14.2 Å². The van der Waals surface area contributed by atoms with Crippen LogP contribution in [0.25, 0.3) is 22.7 Å². The van der Waals surface area contributed by atoms with E-state index in [1.807, 2.05) is 53.1 Å². The Morgan fingerprint density at radius 1 is 0.936 bits per heavy atom. The number of nitrogens with zero attached hydrogens (tertiary/aromatic N) is 3. The van der Waals surface area contributed by atoms with E-state index in [-0.39, 0.29) is 11.6 Å². The van der Waals surface area contributed by atoms with Crippen molar-refractivity contribution in [3.8, 4) is 11.5 Å². The number of methoxy groups -OCH3 is 2. The molecular weight excluding hydrogens is 649 g/mol. The quantitative estimate of drug-likeness (QED) is 0.182. The number of ether oxygens (including phenoxy) is 2. The molecule has 2 aliphatic rings. The lowest BCUT2D eigenvalue weighted by Gasteiger charge is -2.31. The third kappa shape index (κ3) is 5.10. The number of benzene rings is 4. The van der Waals surface area contributed by atoms with E-state index >= 15 is 0 Å². The summed E-state index contributed by atoms with van der Waals surface area (Å²) in [6.45, 7) is 0.567. The molecule has 0 amide bonds. The first kappa shape index (κ1) is 29.8. The first-order chi connectivity index (χ1) is 22.9. The lowest BCUT2D eigenvalue weighted by atomic mass is 9.83. The van der Waals surface area contributed by atoms with Crippen LogP contribution in [0.5, 0.6) is 11.5 Å². The minimum atomic E-state index is -0.329. The smallest absolute Gasteiger partial charge is 0.271 e. The Bertz CT molecular complexity index is 2440. The number of aryl methyl sites for hydroxylation is 1. The highest BCUT2D eigenvalue weighted by Gasteiger charge is 2.33. The second-order valence-electron chi connectivity index (χ2n) is 11.7. The predicted octanol–water partition coefficient (Wildman–Crippen LogP) is 7.65. The van der Waals surface area contributed by atoms with Gasteiger partial charge in [-0.2, -0.15) is 0 Å². The standard InChI is InChI=1S/C38H29Cl2N3O3S/c1-45-32-16-13-23(17-33(32)46-2)36-29-15-12-22-7-3-4-9-28(22)35(29)41-38-43(36)37(44)34(47-38)18-25-21-42(31-10-6-5-8-27(25)31)20-24-11-14-26(39)19-30(24)40/h3-11,13-14,16-19,21,36H,12,15,20H2,1-2H3/b34-18+/t36-/m0/s1. The molecule has 0 radical (unpaired) electrons. The van der Waals surface area contributed by atoms with E-state index in [4.69, 9.17) is 37.7 Å². The Kier molecular flexibility index (Phi) is 7.55. The normalized spacial score (nSPS) is 15.7. The number of halogens is 2. The van der Waals surface area contributed by atoms with E-state index in [9.17, 15) is 4.79 Å². The Balaban J connectivity index is 1.32. The number of fused-ring (bicyclic) bond motifs is 4. The van der Waals surface area contributed by atoms with Crippen LogP contribution in [0.4, 0.5) is 0 Å². The van der Waals surface area contributed by atoms with Crippen molar-refractivity contribution in [2.45, 2.75) is 25.4 Å². The molecule has 1 atom stereocenters. The molecule has 234 valence electrons. The zero-order chi connectivity index (χ0) is 32.2. The molecule has 6 aromatic rings. The molecule has 1 aliphatic heterocycles. The van der Waals surface area contributed by atoms with Crippen LogP contribution >= 0.6 is 34.5 Å². The maximum Gasteiger partial charge on any atom is 0.271 e. The predicted molar refractivity (Wildman–Crippen MR) is 190 cm³/mol. The Morgan fingerprint density at radius 2 is 1.74 bits per heavy atom. The van der Waals surface area contributed by atoms with E-state index < -0.39 is 0 Å². The summed E-state index contributed by atoms with van der Waals surface area (Å²) in [5.41, 5.74) is 8.32. The van der Waals surface area contributed by atoms with E-state index in [0.717, 1.165) is 57.3 Å². The molecule has 2 aromatic heterocycles. The number of aromatic nitrogens is 2.